The average molecular weight is 871 g/mol. The quantitative estimate of drug-likeness (QED) is 0.163. The van der Waals surface area contributed by atoms with Gasteiger partial charge < -0.3 is 14.4 Å². The van der Waals surface area contributed by atoms with Gasteiger partial charge in [0.05, 0.1) is 8.32 Å². The minimum atomic E-state index is -0.264. The molecule has 267 valence electrons. The number of hydrogen-bond donors (Lipinski definition) is 0. The van der Waals surface area contributed by atoms with Gasteiger partial charge in [-0.15, -0.1) is 53.6 Å². The summed E-state index contributed by atoms with van der Waals surface area (Å²) in [6.45, 7) is 17.8. The Kier molecular flexibility index (Phi) is 8.64. The Balaban J connectivity index is 0.000000191. The predicted molar refractivity (Wildman–Crippen MR) is 217 cm³/mol. The summed E-state index contributed by atoms with van der Waals surface area (Å²) in [4.78, 5) is 9.45. The molecular weight excluding hydrogens is 825 g/mol. The molecule has 8 aromatic rings. The van der Waals surface area contributed by atoms with E-state index in [0.29, 0.717) is 11.2 Å². The fraction of sp³-hybridized carbons (Fsp3) is 0.224. The maximum atomic E-state index is 8.08. The third kappa shape index (κ3) is 6.43. The normalized spacial score (nSPS) is 13.8. The molecule has 0 unspecified atom stereocenters. The molecule has 0 N–H and O–H groups in total. The number of hydrogen-bond acceptors (Lipinski definition) is 3. The van der Waals surface area contributed by atoms with Gasteiger partial charge in [0.1, 0.15) is 5.58 Å². The van der Waals surface area contributed by atoms with E-state index in [1.165, 1.54) is 44.2 Å². The smallest absolute Gasteiger partial charge is 0.120 e. The minimum absolute atomic E-state index is 0. The molecule has 0 aliphatic heterocycles. The van der Waals surface area contributed by atoms with Crippen molar-refractivity contribution in [2.45, 2.75) is 71.6 Å². The molecule has 3 aromatic heterocycles. The van der Waals surface area contributed by atoms with Crippen molar-refractivity contribution in [1.82, 2.24) is 9.97 Å². The summed E-state index contributed by atoms with van der Waals surface area (Å²) < 4.78 is 22.4. The van der Waals surface area contributed by atoms with Crippen LogP contribution < -0.4 is 0 Å². The Morgan fingerprint density at radius 1 is 0.679 bits per heavy atom. The van der Waals surface area contributed by atoms with E-state index in [2.05, 4.69) is 145 Å². The van der Waals surface area contributed by atoms with Crippen molar-refractivity contribution in [3.63, 3.8) is 0 Å². The summed E-state index contributed by atoms with van der Waals surface area (Å²) in [6.07, 6.45) is 3.84. The van der Waals surface area contributed by atoms with Gasteiger partial charge in [-0.05, 0) is 72.9 Å². The maximum Gasteiger partial charge on any atom is 0.120 e. The van der Waals surface area contributed by atoms with Gasteiger partial charge in [-0.25, -0.2) is 0 Å². The molecule has 0 saturated carbocycles. The fourth-order valence-corrected chi connectivity index (χ4v) is 7.60. The topological polar surface area (TPSA) is 38.9 Å². The summed E-state index contributed by atoms with van der Waals surface area (Å²) in [6, 6.07) is 40.0. The van der Waals surface area contributed by atoms with Gasteiger partial charge in [0.25, 0.3) is 0 Å². The molecule has 53 heavy (non-hydrogen) atoms. The third-order valence-electron chi connectivity index (χ3n) is 10.5. The van der Waals surface area contributed by atoms with E-state index in [9.17, 15) is 0 Å². The van der Waals surface area contributed by atoms with E-state index in [1.54, 1.807) is 12.1 Å². The van der Waals surface area contributed by atoms with Crippen LogP contribution in [0.3, 0.4) is 0 Å². The van der Waals surface area contributed by atoms with Crippen molar-refractivity contribution in [1.29, 1.82) is 0 Å². The first-order valence-electron chi connectivity index (χ1n) is 19.0. The number of pyridine rings is 2. The van der Waals surface area contributed by atoms with Crippen molar-refractivity contribution < 1.29 is 27.3 Å². The van der Waals surface area contributed by atoms with Crippen molar-refractivity contribution in [2.75, 3.05) is 0 Å². The zero-order valence-electron chi connectivity index (χ0n) is 33.5. The molecule has 0 atom stereocenters. The Morgan fingerprint density at radius 2 is 1.42 bits per heavy atom. The zero-order valence-corrected chi connectivity index (χ0v) is 33.9. The number of para-hydroxylation sites is 1. The van der Waals surface area contributed by atoms with Gasteiger partial charge in [-0.1, -0.05) is 133 Å². The second-order valence-corrected chi connectivity index (χ2v) is 16.4. The number of furan rings is 1. The molecular formula is C49H44IrN2O-2. The van der Waals surface area contributed by atoms with Crippen LogP contribution in [0.1, 0.15) is 80.4 Å². The van der Waals surface area contributed by atoms with Crippen LogP contribution in [0.2, 0.25) is 0 Å². The molecule has 4 heteroatoms. The number of benzene rings is 5. The van der Waals surface area contributed by atoms with E-state index < -0.39 is 0 Å². The van der Waals surface area contributed by atoms with Crippen molar-refractivity contribution in [3.05, 3.63) is 156 Å². The third-order valence-corrected chi connectivity index (χ3v) is 10.5. The van der Waals surface area contributed by atoms with E-state index in [-0.39, 0.29) is 48.4 Å². The first kappa shape index (κ1) is 33.9. The van der Waals surface area contributed by atoms with E-state index in [4.69, 9.17) is 12.1 Å². The Hall–Kier alpha value is -4.89. The number of aromatic nitrogens is 2. The monoisotopic (exact) mass is 871 g/mol. The van der Waals surface area contributed by atoms with Crippen LogP contribution in [-0.4, -0.2) is 9.97 Å². The number of fused-ring (bicyclic) bond motifs is 8. The average Bonchev–Trinajstić information content (AvgIpc) is 3.62. The van der Waals surface area contributed by atoms with Crippen molar-refractivity contribution >= 4 is 32.7 Å². The van der Waals surface area contributed by atoms with Crippen LogP contribution in [0.5, 0.6) is 0 Å². The molecule has 1 radical (unpaired) electrons. The predicted octanol–water partition coefficient (Wildman–Crippen LogP) is 13.0. The standard InChI is InChI=1S/C30H20NO.C19H24N.Ir/c1-30(2)26-19-9-4-3-8-18(19)14-15-21(26)22-16-17-31-28(27(22)30)24-12-7-11-23-20-10-5-6-13-25(20)32-29(23)24;1-18(2,3)15-9-7-14(8-10-15)17-12-11-16(13-20-17)19(4,5)6;/h3-11,13-17H,1-2H3;7,9-13H,1-6H3;/q2*-1;/i5D,6D;;. The van der Waals surface area contributed by atoms with Gasteiger partial charge in [-0.3, -0.25) is 0 Å². The second-order valence-electron chi connectivity index (χ2n) is 16.4. The first-order chi connectivity index (χ1) is 25.6. The molecule has 0 fully saturated rings. The van der Waals surface area contributed by atoms with Gasteiger partial charge >= 0.3 is 0 Å². The van der Waals surface area contributed by atoms with Crippen LogP contribution in [0.25, 0.3) is 66.4 Å². The van der Waals surface area contributed by atoms with Crippen molar-refractivity contribution in [3.8, 4) is 33.6 Å². The molecule has 0 bridgehead atoms. The van der Waals surface area contributed by atoms with Crippen LogP contribution in [0, 0.1) is 12.1 Å². The molecule has 3 nitrogen and oxygen atoms in total. The molecule has 9 rings (SSSR count). The molecule has 0 amide bonds. The van der Waals surface area contributed by atoms with E-state index in [0.717, 1.165) is 33.3 Å². The fourth-order valence-electron chi connectivity index (χ4n) is 7.60. The number of nitrogens with zero attached hydrogens (tertiary/aromatic N) is 2. The van der Waals surface area contributed by atoms with Crippen LogP contribution in [0.4, 0.5) is 0 Å². The second kappa shape index (κ2) is 13.5. The SMILES string of the molecule is CC(C)(C)c1c[c-]c(-c2ccc(C(C)(C)C)cn2)cc1.[2H]c1cc2oc3c(-c4nccc5c4C(C)(C)c4c-5ccc5ccccc45)[c-]ccc3c2cc1[2H].[Ir]. The Morgan fingerprint density at radius 3 is 2.13 bits per heavy atom. The summed E-state index contributed by atoms with van der Waals surface area (Å²) in [5.41, 5.74) is 12.6. The first-order valence-corrected chi connectivity index (χ1v) is 18.0. The molecule has 0 saturated heterocycles. The van der Waals surface area contributed by atoms with Gasteiger partial charge in [-0.2, -0.15) is 0 Å². The Labute approximate surface area is 329 Å². The van der Waals surface area contributed by atoms with Crippen molar-refractivity contribution in [2.24, 2.45) is 0 Å². The zero-order chi connectivity index (χ0) is 38.2. The molecule has 1 aliphatic carbocycles. The maximum absolute atomic E-state index is 8.08. The van der Waals surface area contributed by atoms with E-state index in [1.807, 2.05) is 24.5 Å². The minimum Gasteiger partial charge on any atom is -0.501 e. The van der Waals surface area contributed by atoms with Crippen LogP contribution >= 0.6 is 0 Å². The molecule has 3 heterocycles. The Bertz CT molecular complexity index is 2660. The molecule has 5 aromatic carbocycles. The van der Waals surface area contributed by atoms with Crippen LogP contribution in [-0.2, 0) is 36.4 Å². The molecule has 0 spiro atoms. The largest absolute Gasteiger partial charge is 0.501 e. The van der Waals surface area contributed by atoms with Gasteiger partial charge in [0.15, 0.2) is 0 Å². The van der Waals surface area contributed by atoms with Crippen LogP contribution in [0.15, 0.2) is 126 Å². The molecule has 1 aliphatic rings. The number of rotatable bonds is 2. The summed E-state index contributed by atoms with van der Waals surface area (Å²) in [7, 11) is 0. The van der Waals surface area contributed by atoms with Gasteiger partial charge in [0.2, 0.25) is 0 Å². The summed E-state index contributed by atoms with van der Waals surface area (Å²) in [5, 5.41) is 4.26. The summed E-state index contributed by atoms with van der Waals surface area (Å²) >= 11 is 0. The summed E-state index contributed by atoms with van der Waals surface area (Å²) in [5.74, 6) is 0. The van der Waals surface area contributed by atoms with Gasteiger partial charge in [0, 0.05) is 43.3 Å². The van der Waals surface area contributed by atoms with E-state index >= 15 is 0 Å².